The molecule has 0 aliphatic rings. The van der Waals surface area contributed by atoms with Gasteiger partial charge in [0.2, 0.25) is 6.08 Å². The van der Waals surface area contributed by atoms with Gasteiger partial charge in [-0.3, -0.25) is 0 Å². The molecule has 0 N–H and O–H groups in total. The van der Waals surface area contributed by atoms with Crippen LogP contribution >= 0.6 is 11.3 Å². The number of ether oxygens (including phenoxy) is 1. The number of nitrogens with zero attached hydrogens (tertiary/aromatic N) is 1. The number of esters is 1. The van der Waals surface area contributed by atoms with Crippen LogP contribution < -0.4 is 0 Å². The van der Waals surface area contributed by atoms with Crippen LogP contribution in [0.25, 0.3) is 0 Å². The molecule has 0 aliphatic heterocycles. The largest absolute Gasteiger partial charge is 0.462 e. The first kappa shape index (κ1) is 12.6. The van der Waals surface area contributed by atoms with Crippen LogP contribution in [0.1, 0.15) is 41.9 Å². The van der Waals surface area contributed by atoms with E-state index in [0.29, 0.717) is 17.2 Å². The highest BCUT2D eigenvalue weighted by molar-refractivity contribution is 7.16. The molecule has 1 heterocycles. The highest BCUT2D eigenvalue weighted by atomic mass is 32.1. The van der Waals surface area contributed by atoms with Gasteiger partial charge in [0.05, 0.1) is 12.2 Å². The molecule has 0 spiro atoms. The maximum absolute atomic E-state index is 11.6. The third-order valence-corrected chi connectivity index (χ3v) is 3.27. The van der Waals surface area contributed by atoms with E-state index in [9.17, 15) is 9.59 Å². The van der Waals surface area contributed by atoms with E-state index in [1.165, 1.54) is 17.4 Å². The first-order valence-electron chi connectivity index (χ1n) is 4.98. The van der Waals surface area contributed by atoms with Crippen molar-refractivity contribution in [2.45, 2.75) is 26.7 Å². The van der Waals surface area contributed by atoms with Gasteiger partial charge in [0.15, 0.2) is 0 Å². The number of aliphatic imine (C=N–C) groups is 1. The number of carbonyl (C=O) groups is 1. The Kier molecular flexibility index (Phi) is 4.40. The minimum Gasteiger partial charge on any atom is -0.462 e. The molecule has 4 nitrogen and oxygen atoms in total. The van der Waals surface area contributed by atoms with E-state index in [1.54, 1.807) is 13.0 Å². The average molecular weight is 239 g/mol. The predicted octanol–water partition coefficient (Wildman–Crippen LogP) is 3.02. The molecule has 0 unspecified atom stereocenters. The van der Waals surface area contributed by atoms with Crippen molar-refractivity contribution in [3.8, 4) is 0 Å². The predicted molar refractivity (Wildman–Crippen MR) is 62.1 cm³/mol. The van der Waals surface area contributed by atoms with Crippen molar-refractivity contribution >= 4 is 28.4 Å². The van der Waals surface area contributed by atoms with E-state index >= 15 is 0 Å². The van der Waals surface area contributed by atoms with E-state index in [2.05, 4.69) is 4.99 Å². The van der Waals surface area contributed by atoms with Gasteiger partial charge in [0, 0.05) is 4.88 Å². The molecule has 5 heteroatoms. The molecular formula is C11H13NO3S. The first-order chi connectivity index (χ1) is 7.60. The van der Waals surface area contributed by atoms with Crippen molar-refractivity contribution in [3.63, 3.8) is 0 Å². The van der Waals surface area contributed by atoms with Gasteiger partial charge in [-0.2, -0.15) is 4.99 Å². The minimum atomic E-state index is -0.445. The lowest BCUT2D eigenvalue weighted by molar-refractivity contribution is 0.0528. The number of carbonyl (C=O) groups excluding carboxylic acids is 2. The smallest absolute Gasteiger partial charge is 0.341 e. The molecule has 0 fully saturated rings. The Hall–Kier alpha value is -1.45. The molecule has 1 aromatic rings. The van der Waals surface area contributed by atoms with Gasteiger partial charge >= 0.3 is 5.97 Å². The number of hydrogen-bond donors (Lipinski definition) is 0. The Morgan fingerprint density at radius 2 is 2.31 bits per heavy atom. The third kappa shape index (κ3) is 2.78. The molecule has 0 radical (unpaired) electrons. The number of isocyanates is 1. The van der Waals surface area contributed by atoms with Crippen LogP contribution in [-0.2, 0) is 9.53 Å². The molecular weight excluding hydrogens is 226 g/mol. The highest BCUT2D eigenvalue weighted by Gasteiger charge is 2.18. The maximum atomic E-state index is 11.6. The van der Waals surface area contributed by atoms with Gasteiger partial charge in [-0.15, -0.1) is 11.3 Å². The molecule has 86 valence electrons. The zero-order valence-corrected chi connectivity index (χ0v) is 10.3. The van der Waals surface area contributed by atoms with Crippen molar-refractivity contribution < 1.29 is 14.3 Å². The molecule has 0 aliphatic carbocycles. The zero-order chi connectivity index (χ0) is 12.1. The van der Waals surface area contributed by atoms with Crippen LogP contribution in [0.5, 0.6) is 0 Å². The van der Waals surface area contributed by atoms with Crippen LogP contribution in [0.3, 0.4) is 0 Å². The minimum absolute atomic E-state index is 0.286. The second kappa shape index (κ2) is 5.58. The van der Waals surface area contributed by atoms with Gasteiger partial charge in [-0.1, -0.05) is 13.8 Å². The lowest BCUT2D eigenvalue weighted by Gasteiger charge is -1.99. The lowest BCUT2D eigenvalue weighted by atomic mass is 10.1. The summed E-state index contributed by atoms with van der Waals surface area (Å²) in [5.41, 5.74) is 0.346. The van der Waals surface area contributed by atoms with Crippen LogP contribution in [0.4, 0.5) is 5.00 Å². The Morgan fingerprint density at radius 1 is 1.62 bits per heavy atom. The fourth-order valence-electron chi connectivity index (χ4n) is 1.16. The summed E-state index contributed by atoms with van der Waals surface area (Å²) in [6.45, 7) is 6.05. The standard InChI is InChI=1S/C11H13NO3S/c1-4-15-11(14)8-5-9(7(2)3)16-10(8)12-6-13/h5,7H,4H2,1-3H3. The summed E-state index contributed by atoms with van der Waals surface area (Å²) in [5, 5.41) is 0.372. The third-order valence-electron chi connectivity index (χ3n) is 1.94. The van der Waals surface area contributed by atoms with Gasteiger partial charge < -0.3 is 4.74 Å². The summed E-state index contributed by atoms with van der Waals surface area (Å²) in [7, 11) is 0. The molecule has 0 amide bonds. The monoisotopic (exact) mass is 239 g/mol. The first-order valence-corrected chi connectivity index (χ1v) is 5.80. The molecule has 0 aromatic carbocycles. The lowest BCUT2D eigenvalue weighted by Crippen LogP contribution is -2.03. The van der Waals surface area contributed by atoms with E-state index < -0.39 is 5.97 Å². The SMILES string of the molecule is CCOC(=O)c1cc(C(C)C)sc1N=C=O. The van der Waals surface area contributed by atoms with Gasteiger partial charge in [0.25, 0.3) is 0 Å². The number of hydrogen-bond acceptors (Lipinski definition) is 5. The molecule has 0 saturated heterocycles. The fraction of sp³-hybridized carbons (Fsp3) is 0.455. The zero-order valence-electron chi connectivity index (χ0n) is 9.44. The van der Waals surface area contributed by atoms with Gasteiger partial charge in [0.1, 0.15) is 5.00 Å². The molecule has 0 saturated carbocycles. The van der Waals surface area contributed by atoms with E-state index in [0.717, 1.165) is 4.88 Å². The second-order valence-electron chi connectivity index (χ2n) is 3.45. The van der Waals surface area contributed by atoms with Crippen LogP contribution in [0.2, 0.25) is 0 Å². The molecule has 0 atom stereocenters. The number of thiophene rings is 1. The quantitative estimate of drug-likeness (QED) is 0.461. The van der Waals surface area contributed by atoms with E-state index in [4.69, 9.17) is 4.74 Å². The number of rotatable bonds is 4. The van der Waals surface area contributed by atoms with Crippen LogP contribution in [0, 0.1) is 0 Å². The van der Waals surface area contributed by atoms with Crippen molar-refractivity contribution in [2.75, 3.05) is 6.61 Å². The van der Waals surface area contributed by atoms with Crippen molar-refractivity contribution in [3.05, 3.63) is 16.5 Å². The summed E-state index contributed by atoms with van der Waals surface area (Å²) in [4.78, 5) is 26.3. The second-order valence-corrected chi connectivity index (χ2v) is 4.51. The summed E-state index contributed by atoms with van der Waals surface area (Å²) in [6, 6.07) is 1.73. The highest BCUT2D eigenvalue weighted by Crippen LogP contribution is 2.35. The van der Waals surface area contributed by atoms with Crippen LogP contribution in [-0.4, -0.2) is 18.7 Å². The molecule has 0 bridgehead atoms. The fourth-order valence-corrected chi connectivity index (χ4v) is 2.14. The summed E-state index contributed by atoms with van der Waals surface area (Å²) >= 11 is 1.32. The van der Waals surface area contributed by atoms with Crippen molar-refractivity contribution in [1.82, 2.24) is 0 Å². The molecule has 1 aromatic heterocycles. The summed E-state index contributed by atoms with van der Waals surface area (Å²) in [5.74, 6) is -0.159. The Labute approximate surface area is 98.0 Å². The molecule has 1 rings (SSSR count). The van der Waals surface area contributed by atoms with Crippen molar-refractivity contribution in [2.24, 2.45) is 4.99 Å². The Balaban J connectivity index is 3.14. The average Bonchev–Trinajstić information content (AvgIpc) is 2.63. The molecule has 16 heavy (non-hydrogen) atoms. The summed E-state index contributed by atoms with van der Waals surface area (Å²) < 4.78 is 4.89. The van der Waals surface area contributed by atoms with Gasteiger partial charge in [-0.05, 0) is 18.9 Å². The Morgan fingerprint density at radius 3 is 2.81 bits per heavy atom. The van der Waals surface area contributed by atoms with Crippen molar-refractivity contribution in [1.29, 1.82) is 0 Å². The topological polar surface area (TPSA) is 55.7 Å². The maximum Gasteiger partial charge on any atom is 0.341 e. The normalized spacial score (nSPS) is 10.0. The van der Waals surface area contributed by atoms with E-state index in [-0.39, 0.29) is 5.92 Å². The Bertz CT molecular complexity index is 430. The van der Waals surface area contributed by atoms with Crippen LogP contribution in [0.15, 0.2) is 11.1 Å². The van der Waals surface area contributed by atoms with E-state index in [1.807, 2.05) is 13.8 Å². The van der Waals surface area contributed by atoms with Gasteiger partial charge in [-0.25, -0.2) is 9.59 Å². The summed E-state index contributed by atoms with van der Waals surface area (Å²) in [6.07, 6.45) is 1.45.